The summed E-state index contributed by atoms with van der Waals surface area (Å²) in [5, 5.41) is 0. The van der Waals surface area contributed by atoms with Crippen molar-refractivity contribution < 1.29 is 9.53 Å². The average molecular weight is 180 g/mol. The fourth-order valence-electron chi connectivity index (χ4n) is 2.56. The van der Waals surface area contributed by atoms with Gasteiger partial charge in [-0.3, -0.25) is 0 Å². The molecule has 2 unspecified atom stereocenters. The Kier molecular flexibility index (Phi) is 2.38. The Labute approximate surface area is 79.0 Å². The van der Waals surface area contributed by atoms with Gasteiger partial charge < -0.3 is 4.74 Å². The minimum atomic E-state index is -0.150. The normalized spacial score (nSPS) is 34.1. The summed E-state index contributed by atoms with van der Waals surface area (Å²) < 4.78 is 4.88. The van der Waals surface area contributed by atoms with Gasteiger partial charge in [0.2, 0.25) is 0 Å². The number of allylic oxidation sites excluding steroid dienone is 1. The van der Waals surface area contributed by atoms with Crippen LogP contribution in [0.15, 0.2) is 11.6 Å². The van der Waals surface area contributed by atoms with Crippen LogP contribution in [0.25, 0.3) is 0 Å². The zero-order valence-corrected chi connectivity index (χ0v) is 8.08. The van der Waals surface area contributed by atoms with E-state index in [4.69, 9.17) is 4.74 Å². The number of esters is 1. The average Bonchev–Trinajstić information content (AvgIpc) is 2.43. The van der Waals surface area contributed by atoms with Gasteiger partial charge in [0, 0.05) is 6.08 Å². The zero-order chi connectivity index (χ0) is 9.26. The van der Waals surface area contributed by atoms with Crippen LogP contribution in [0.5, 0.6) is 0 Å². The van der Waals surface area contributed by atoms with Crippen molar-refractivity contribution in [3.63, 3.8) is 0 Å². The van der Waals surface area contributed by atoms with Gasteiger partial charge in [0.1, 0.15) is 0 Å². The molecule has 0 aromatic heterocycles. The number of fused-ring (bicyclic) bond motifs is 1. The third kappa shape index (κ3) is 1.62. The Bertz CT molecular complexity index is 242. The Hall–Kier alpha value is -0.790. The smallest absolute Gasteiger partial charge is 0.330 e. The largest absolute Gasteiger partial charge is 0.463 e. The lowest BCUT2D eigenvalue weighted by Crippen LogP contribution is -2.24. The van der Waals surface area contributed by atoms with Crippen LogP contribution in [0.1, 0.15) is 32.6 Å². The highest BCUT2D eigenvalue weighted by atomic mass is 16.5. The molecule has 2 heteroatoms. The standard InChI is InChI=1S/C11H16O2/c1-2-13-11(12)7-9-6-8-4-3-5-10(8)9/h7-8,10H,2-6H2,1H3/b9-7+. The molecule has 2 fully saturated rings. The van der Waals surface area contributed by atoms with Crippen LogP contribution in [-0.2, 0) is 9.53 Å². The summed E-state index contributed by atoms with van der Waals surface area (Å²) in [4.78, 5) is 11.1. The molecule has 0 saturated heterocycles. The second-order valence-electron chi connectivity index (χ2n) is 3.97. The second kappa shape index (κ2) is 3.52. The summed E-state index contributed by atoms with van der Waals surface area (Å²) in [6.07, 6.45) is 6.86. The summed E-state index contributed by atoms with van der Waals surface area (Å²) in [6, 6.07) is 0. The lowest BCUT2D eigenvalue weighted by Gasteiger charge is -2.33. The van der Waals surface area contributed by atoms with Crippen molar-refractivity contribution in [2.24, 2.45) is 11.8 Å². The first-order chi connectivity index (χ1) is 6.31. The SMILES string of the molecule is CCOC(=O)/C=C1\CC2CCCC12. The van der Waals surface area contributed by atoms with Crippen LogP contribution in [0, 0.1) is 11.8 Å². The van der Waals surface area contributed by atoms with Crippen LogP contribution < -0.4 is 0 Å². The Morgan fingerprint density at radius 2 is 2.46 bits per heavy atom. The van der Waals surface area contributed by atoms with Crippen molar-refractivity contribution in [1.29, 1.82) is 0 Å². The molecular weight excluding hydrogens is 164 g/mol. The molecule has 13 heavy (non-hydrogen) atoms. The first-order valence-electron chi connectivity index (χ1n) is 5.18. The van der Waals surface area contributed by atoms with E-state index in [0.717, 1.165) is 18.3 Å². The topological polar surface area (TPSA) is 26.3 Å². The molecule has 2 saturated carbocycles. The molecule has 0 amide bonds. The van der Waals surface area contributed by atoms with Crippen molar-refractivity contribution in [2.45, 2.75) is 32.6 Å². The van der Waals surface area contributed by atoms with Crippen LogP contribution >= 0.6 is 0 Å². The van der Waals surface area contributed by atoms with Crippen molar-refractivity contribution in [1.82, 2.24) is 0 Å². The highest BCUT2D eigenvalue weighted by Crippen LogP contribution is 2.50. The minimum Gasteiger partial charge on any atom is -0.463 e. The van der Waals surface area contributed by atoms with Crippen molar-refractivity contribution in [3.05, 3.63) is 11.6 Å². The van der Waals surface area contributed by atoms with E-state index in [1.165, 1.54) is 24.8 Å². The molecule has 0 spiro atoms. The monoisotopic (exact) mass is 180 g/mol. The number of ether oxygens (including phenoxy) is 1. The summed E-state index contributed by atoms with van der Waals surface area (Å²) in [6.45, 7) is 2.33. The van der Waals surface area contributed by atoms with Crippen LogP contribution in [-0.4, -0.2) is 12.6 Å². The summed E-state index contributed by atoms with van der Waals surface area (Å²) >= 11 is 0. The predicted octanol–water partition coefficient (Wildman–Crippen LogP) is 2.30. The molecule has 0 aliphatic heterocycles. The fraction of sp³-hybridized carbons (Fsp3) is 0.727. The van der Waals surface area contributed by atoms with Crippen LogP contribution in [0.2, 0.25) is 0 Å². The molecule has 0 radical (unpaired) electrons. The van der Waals surface area contributed by atoms with Gasteiger partial charge in [0.15, 0.2) is 0 Å². The third-order valence-electron chi connectivity index (χ3n) is 3.22. The van der Waals surface area contributed by atoms with Gasteiger partial charge in [0.25, 0.3) is 0 Å². The highest BCUT2D eigenvalue weighted by molar-refractivity contribution is 5.83. The summed E-state index contributed by atoms with van der Waals surface area (Å²) in [5.74, 6) is 1.47. The Morgan fingerprint density at radius 1 is 1.62 bits per heavy atom. The van der Waals surface area contributed by atoms with Crippen LogP contribution in [0.3, 0.4) is 0 Å². The number of carbonyl (C=O) groups excluding carboxylic acids is 1. The van der Waals surface area contributed by atoms with Gasteiger partial charge in [0.05, 0.1) is 6.61 Å². The molecule has 2 rings (SSSR count). The molecule has 0 bridgehead atoms. The molecule has 0 aromatic carbocycles. The van der Waals surface area contributed by atoms with Crippen molar-refractivity contribution in [3.8, 4) is 0 Å². The van der Waals surface area contributed by atoms with E-state index in [1.54, 1.807) is 6.08 Å². The number of rotatable bonds is 2. The van der Waals surface area contributed by atoms with E-state index in [2.05, 4.69) is 0 Å². The summed E-state index contributed by atoms with van der Waals surface area (Å²) in [7, 11) is 0. The Balaban J connectivity index is 1.91. The van der Waals surface area contributed by atoms with Gasteiger partial charge in [-0.2, -0.15) is 0 Å². The Morgan fingerprint density at radius 3 is 3.15 bits per heavy atom. The third-order valence-corrected chi connectivity index (χ3v) is 3.22. The first-order valence-corrected chi connectivity index (χ1v) is 5.18. The van der Waals surface area contributed by atoms with E-state index in [0.29, 0.717) is 6.61 Å². The van der Waals surface area contributed by atoms with Gasteiger partial charge in [-0.1, -0.05) is 12.0 Å². The van der Waals surface area contributed by atoms with Gasteiger partial charge in [-0.15, -0.1) is 0 Å². The number of hydrogen-bond acceptors (Lipinski definition) is 2. The quantitative estimate of drug-likeness (QED) is 0.481. The molecule has 2 aliphatic carbocycles. The predicted molar refractivity (Wildman–Crippen MR) is 50.2 cm³/mol. The van der Waals surface area contributed by atoms with Gasteiger partial charge in [-0.25, -0.2) is 4.79 Å². The van der Waals surface area contributed by atoms with Gasteiger partial charge in [-0.05, 0) is 38.0 Å². The molecule has 2 nitrogen and oxygen atoms in total. The lowest BCUT2D eigenvalue weighted by atomic mass is 9.71. The van der Waals surface area contributed by atoms with Crippen molar-refractivity contribution >= 4 is 5.97 Å². The number of carbonyl (C=O) groups is 1. The second-order valence-corrected chi connectivity index (χ2v) is 3.97. The van der Waals surface area contributed by atoms with Crippen LogP contribution in [0.4, 0.5) is 0 Å². The molecule has 0 N–H and O–H groups in total. The maximum Gasteiger partial charge on any atom is 0.330 e. The maximum absolute atomic E-state index is 11.1. The molecule has 0 heterocycles. The van der Waals surface area contributed by atoms with E-state index >= 15 is 0 Å². The molecule has 72 valence electrons. The number of hydrogen-bond donors (Lipinski definition) is 0. The lowest BCUT2D eigenvalue weighted by molar-refractivity contribution is -0.137. The molecule has 2 atom stereocenters. The molecular formula is C11H16O2. The summed E-state index contributed by atoms with van der Waals surface area (Å²) in [5.41, 5.74) is 1.33. The molecule has 0 aromatic rings. The minimum absolute atomic E-state index is 0.150. The fourth-order valence-corrected chi connectivity index (χ4v) is 2.56. The maximum atomic E-state index is 11.1. The first kappa shape index (κ1) is 8.79. The van der Waals surface area contributed by atoms with Gasteiger partial charge >= 0.3 is 5.97 Å². The van der Waals surface area contributed by atoms with Crippen molar-refractivity contribution in [2.75, 3.05) is 6.61 Å². The van der Waals surface area contributed by atoms with E-state index in [9.17, 15) is 4.79 Å². The highest BCUT2D eigenvalue weighted by Gasteiger charge is 2.39. The van der Waals surface area contributed by atoms with E-state index in [-0.39, 0.29) is 5.97 Å². The van der Waals surface area contributed by atoms with E-state index < -0.39 is 0 Å². The molecule has 2 aliphatic rings. The zero-order valence-electron chi connectivity index (χ0n) is 8.08. The van der Waals surface area contributed by atoms with E-state index in [1.807, 2.05) is 6.92 Å².